The lowest BCUT2D eigenvalue weighted by molar-refractivity contribution is -0.148. The third-order valence-corrected chi connectivity index (χ3v) is 3.20. The molecule has 1 aliphatic carbocycles. The molecule has 4 N–H and O–H groups in total. The molecule has 1 fully saturated rings. The molecule has 0 radical (unpaired) electrons. The van der Waals surface area contributed by atoms with Gasteiger partial charge in [0.2, 0.25) is 0 Å². The first-order chi connectivity index (χ1) is 8.44. The van der Waals surface area contributed by atoms with Crippen molar-refractivity contribution in [2.75, 3.05) is 0 Å². The first-order valence-electron chi connectivity index (χ1n) is 5.52. The van der Waals surface area contributed by atoms with Gasteiger partial charge in [-0.15, -0.1) is 0 Å². The molecule has 1 aromatic carbocycles. The summed E-state index contributed by atoms with van der Waals surface area (Å²) < 4.78 is 0. The average Bonchev–Trinajstić information content (AvgIpc) is 2.22. The Labute approximate surface area is 103 Å². The summed E-state index contributed by atoms with van der Waals surface area (Å²) in [5.41, 5.74) is -1.28. The van der Waals surface area contributed by atoms with E-state index in [1.165, 1.54) is 12.1 Å². The number of benzene rings is 1. The number of carbonyl (C=O) groups excluding carboxylic acids is 1. The predicted molar refractivity (Wildman–Crippen MR) is 61.5 cm³/mol. The van der Waals surface area contributed by atoms with Crippen LogP contribution in [0.3, 0.4) is 0 Å². The molecule has 1 amide bonds. The van der Waals surface area contributed by atoms with Crippen molar-refractivity contribution in [2.24, 2.45) is 0 Å². The fraction of sp³-hybridized carbons (Fsp3) is 0.333. The molecule has 1 aliphatic rings. The van der Waals surface area contributed by atoms with Gasteiger partial charge in [-0.25, -0.2) is 4.79 Å². The van der Waals surface area contributed by atoms with Gasteiger partial charge in [-0.3, -0.25) is 4.79 Å². The van der Waals surface area contributed by atoms with Crippen molar-refractivity contribution >= 4 is 11.9 Å². The number of carboxylic acid groups (broad SMARTS) is 1. The predicted octanol–water partition coefficient (Wildman–Crippen LogP) is 0.835. The minimum atomic E-state index is -1.22. The minimum absolute atomic E-state index is 0.0553. The van der Waals surface area contributed by atoms with Gasteiger partial charge in [0.15, 0.2) is 0 Å². The standard InChI is InChI=1S/C12H13NO5/c14-7-2-3-8(9(15)6-7)10(16)13-12(11(17)18)4-1-5-12/h2-3,6,14-15H,1,4-5H2,(H,13,16)(H,17,18). The molecule has 6 nitrogen and oxygen atoms in total. The zero-order valence-corrected chi connectivity index (χ0v) is 9.51. The highest BCUT2D eigenvalue weighted by atomic mass is 16.4. The molecule has 1 saturated carbocycles. The number of hydrogen-bond acceptors (Lipinski definition) is 4. The van der Waals surface area contributed by atoms with E-state index in [-0.39, 0.29) is 17.1 Å². The molecule has 0 saturated heterocycles. The molecule has 0 heterocycles. The molecule has 0 unspecified atom stereocenters. The summed E-state index contributed by atoms with van der Waals surface area (Å²) in [5, 5.41) is 30.1. The zero-order valence-electron chi connectivity index (χ0n) is 9.51. The monoisotopic (exact) mass is 251 g/mol. The quantitative estimate of drug-likeness (QED) is 0.636. The molecule has 0 atom stereocenters. The summed E-state index contributed by atoms with van der Waals surface area (Å²) in [4.78, 5) is 23.0. The number of carbonyl (C=O) groups is 2. The van der Waals surface area contributed by atoms with E-state index in [0.717, 1.165) is 12.5 Å². The topological polar surface area (TPSA) is 107 Å². The number of amides is 1. The number of nitrogens with one attached hydrogen (secondary N) is 1. The van der Waals surface area contributed by atoms with Gasteiger partial charge < -0.3 is 20.6 Å². The molecule has 0 aliphatic heterocycles. The fourth-order valence-electron chi connectivity index (χ4n) is 1.92. The second kappa shape index (κ2) is 4.21. The Balaban J connectivity index is 2.19. The van der Waals surface area contributed by atoms with Crippen molar-refractivity contribution in [2.45, 2.75) is 24.8 Å². The molecule has 1 aromatic rings. The summed E-state index contributed by atoms with van der Waals surface area (Å²) in [6, 6.07) is 3.53. The van der Waals surface area contributed by atoms with Gasteiger partial charge in [0, 0.05) is 6.07 Å². The van der Waals surface area contributed by atoms with Crippen LogP contribution in [0.5, 0.6) is 11.5 Å². The Morgan fingerprint density at radius 3 is 2.33 bits per heavy atom. The maximum absolute atomic E-state index is 11.9. The Hall–Kier alpha value is -2.24. The van der Waals surface area contributed by atoms with E-state index < -0.39 is 17.4 Å². The van der Waals surface area contributed by atoms with Gasteiger partial charge in [-0.05, 0) is 31.4 Å². The van der Waals surface area contributed by atoms with Gasteiger partial charge in [0.25, 0.3) is 5.91 Å². The van der Waals surface area contributed by atoms with E-state index in [1.807, 2.05) is 0 Å². The van der Waals surface area contributed by atoms with E-state index in [4.69, 9.17) is 10.2 Å². The van der Waals surface area contributed by atoms with Gasteiger partial charge in [0.1, 0.15) is 17.0 Å². The summed E-state index contributed by atoms with van der Waals surface area (Å²) in [6.45, 7) is 0. The van der Waals surface area contributed by atoms with Crippen LogP contribution in [-0.2, 0) is 4.79 Å². The van der Waals surface area contributed by atoms with Gasteiger partial charge >= 0.3 is 5.97 Å². The average molecular weight is 251 g/mol. The molecular formula is C12H13NO5. The summed E-state index contributed by atoms with van der Waals surface area (Å²) in [5.74, 6) is -2.28. The lowest BCUT2D eigenvalue weighted by Gasteiger charge is -2.38. The largest absolute Gasteiger partial charge is 0.508 e. The van der Waals surface area contributed by atoms with E-state index >= 15 is 0 Å². The van der Waals surface area contributed by atoms with Crippen LogP contribution in [-0.4, -0.2) is 32.7 Å². The molecule has 0 aromatic heterocycles. The van der Waals surface area contributed by atoms with Crippen LogP contribution >= 0.6 is 0 Å². The Bertz CT molecular complexity index is 507. The summed E-state index contributed by atoms with van der Waals surface area (Å²) >= 11 is 0. The van der Waals surface area contributed by atoms with Gasteiger partial charge in [-0.1, -0.05) is 0 Å². The normalized spacial score (nSPS) is 16.7. The molecule has 2 rings (SSSR count). The second-order valence-electron chi connectivity index (χ2n) is 4.40. The molecule has 0 spiro atoms. The van der Waals surface area contributed by atoms with Crippen molar-refractivity contribution in [1.29, 1.82) is 0 Å². The smallest absolute Gasteiger partial charge is 0.329 e. The third kappa shape index (κ3) is 1.97. The van der Waals surface area contributed by atoms with Crippen LogP contribution < -0.4 is 5.32 Å². The Morgan fingerprint density at radius 1 is 1.22 bits per heavy atom. The number of aromatic hydroxyl groups is 2. The van der Waals surface area contributed by atoms with Crippen molar-refractivity contribution in [3.8, 4) is 11.5 Å². The summed E-state index contributed by atoms with van der Waals surface area (Å²) in [6.07, 6.45) is 1.51. The van der Waals surface area contributed by atoms with E-state index in [0.29, 0.717) is 12.8 Å². The Kier molecular flexibility index (Phi) is 2.86. The van der Waals surface area contributed by atoms with Crippen molar-refractivity contribution in [3.63, 3.8) is 0 Å². The molecule has 96 valence electrons. The number of phenolic OH excluding ortho intramolecular Hbond substituents is 2. The summed E-state index contributed by atoms with van der Waals surface area (Å²) in [7, 11) is 0. The van der Waals surface area contributed by atoms with Crippen LogP contribution in [0.4, 0.5) is 0 Å². The van der Waals surface area contributed by atoms with Gasteiger partial charge in [-0.2, -0.15) is 0 Å². The van der Waals surface area contributed by atoms with Crippen molar-refractivity contribution in [3.05, 3.63) is 23.8 Å². The van der Waals surface area contributed by atoms with E-state index in [9.17, 15) is 14.7 Å². The van der Waals surface area contributed by atoms with Crippen LogP contribution in [0.2, 0.25) is 0 Å². The first kappa shape index (κ1) is 12.2. The molecular weight excluding hydrogens is 238 g/mol. The van der Waals surface area contributed by atoms with Crippen LogP contribution in [0, 0.1) is 0 Å². The van der Waals surface area contributed by atoms with Crippen molar-refractivity contribution < 1.29 is 24.9 Å². The number of hydrogen-bond donors (Lipinski definition) is 4. The molecule has 6 heteroatoms. The SMILES string of the molecule is O=C(NC1(C(=O)O)CCC1)c1ccc(O)cc1O. The molecule has 18 heavy (non-hydrogen) atoms. The number of phenols is 2. The maximum Gasteiger partial charge on any atom is 0.329 e. The van der Waals surface area contributed by atoms with E-state index in [2.05, 4.69) is 5.32 Å². The molecule has 0 bridgehead atoms. The minimum Gasteiger partial charge on any atom is -0.508 e. The zero-order chi connectivity index (χ0) is 13.3. The van der Waals surface area contributed by atoms with E-state index in [1.54, 1.807) is 0 Å². The lowest BCUT2D eigenvalue weighted by Crippen LogP contribution is -2.59. The first-order valence-corrected chi connectivity index (χ1v) is 5.52. The number of carboxylic acids is 1. The van der Waals surface area contributed by atoms with Crippen LogP contribution in [0.1, 0.15) is 29.6 Å². The number of rotatable bonds is 3. The van der Waals surface area contributed by atoms with Crippen LogP contribution in [0.25, 0.3) is 0 Å². The lowest BCUT2D eigenvalue weighted by atomic mass is 9.76. The van der Waals surface area contributed by atoms with Crippen LogP contribution in [0.15, 0.2) is 18.2 Å². The second-order valence-corrected chi connectivity index (χ2v) is 4.40. The fourth-order valence-corrected chi connectivity index (χ4v) is 1.92. The highest BCUT2D eigenvalue weighted by Crippen LogP contribution is 2.33. The van der Waals surface area contributed by atoms with Crippen molar-refractivity contribution in [1.82, 2.24) is 5.32 Å². The highest BCUT2D eigenvalue weighted by Gasteiger charge is 2.45. The van der Waals surface area contributed by atoms with Gasteiger partial charge in [0.05, 0.1) is 5.56 Å². The third-order valence-electron chi connectivity index (χ3n) is 3.20. The number of aliphatic carboxylic acids is 1. The highest BCUT2D eigenvalue weighted by molar-refractivity contribution is 6.00. The Morgan fingerprint density at radius 2 is 1.89 bits per heavy atom. The maximum atomic E-state index is 11.9.